The molecule has 5 nitrogen and oxygen atoms in total. The molecule has 0 radical (unpaired) electrons. The molecule has 0 spiro atoms. The number of nitrogens with zero attached hydrogens (tertiary/aromatic N) is 3. The summed E-state index contributed by atoms with van der Waals surface area (Å²) < 4.78 is 1.57. The van der Waals surface area contributed by atoms with E-state index in [-0.39, 0.29) is 0 Å². The third-order valence-electron chi connectivity index (χ3n) is 2.08. The van der Waals surface area contributed by atoms with Crippen LogP contribution in [0.3, 0.4) is 0 Å². The average Bonchev–Trinajstić information content (AvgIpc) is 2.56. The predicted octanol–water partition coefficient (Wildman–Crippen LogP) is 0.391. The van der Waals surface area contributed by atoms with Crippen molar-refractivity contribution in [2.75, 3.05) is 0 Å². The highest BCUT2D eigenvalue weighted by Gasteiger charge is 2.15. The molecule has 14 heavy (non-hydrogen) atoms. The molecule has 0 fully saturated rings. The minimum Gasteiger partial charge on any atom is -0.364 e. The van der Waals surface area contributed by atoms with Crippen molar-refractivity contribution in [2.45, 2.75) is 13.3 Å². The minimum absolute atomic E-state index is 0.311. The Morgan fingerprint density at radius 2 is 2.43 bits per heavy atom. The number of amides is 1. The molecule has 0 atom stereocenters. The quantitative estimate of drug-likeness (QED) is 0.744. The lowest BCUT2D eigenvalue weighted by molar-refractivity contribution is 0.0994. The molecule has 1 amide bonds. The molecule has 0 aliphatic heterocycles. The van der Waals surface area contributed by atoms with E-state index in [1.165, 1.54) is 0 Å². The van der Waals surface area contributed by atoms with Gasteiger partial charge in [-0.3, -0.25) is 4.79 Å². The summed E-state index contributed by atoms with van der Waals surface area (Å²) in [5.41, 5.74) is 7.02. The second-order valence-electron chi connectivity index (χ2n) is 2.93. The Morgan fingerprint density at radius 1 is 1.64 bits per heavy atom. The van der Waals surface area contributed by atoms with E-state index in [0.717, 1.165) is 5.56 Å². The smallest absolute Gasteiger partial charge is 0.269 e. The fourth-order valence-electron chi connectivity index (χ4n) is 1.46. The molecule has 0 saturated heterocycles. The molecule has 0 aliphatic carbocycles. The molecule has 0 saturated carbocycles. The van der Waals surface area contributed by atoms with Crippen LogP contribution in [-0.2, 0) is 6.42 Å². The standard InChI is InChI=1S/C9H10N4O/c1-2-6-7(8(10)14)12-13-5-3-4-11-9(6)13/h3-5H,2H2,1H3,(H2,10,14). The summed E-state index contributed by atoms with van der Waals surface area (Å²) >= 11 is 0. The number of rotatable bonds is 2. The summed E-state index contributed by atoms with van der Waals surface area (Å²) in [6, 6.07) is 1.75. The van der Waals surface area contributed by atoms with Gasteiger partial charge in [0.1, 0.15) is 0 Å². The highest BCUT2D eigenvalue weighted by molar-refractivity contribution is 5.94. The molecule has 72 valence electrons. The third kappa shape index (κ3) is 1.14. The lowest BCUT2D eigenvalue weighted by Gasteiger charge is -1.93. The summed E-state index contributed by atoms with van der Waals surface area (Å²) in [5, 5.41) is 4.06. The maximum Gasteiger partial charge on any atom is 0.269 e. The Labute approximate surface area is 80.6 Å². The van der Waals surface area contributed by atoms with Gasteiger partial charge in [0, 0.05) is 18.0 Å². The Hall–Kier alpha value is -1.91. The lowest BCUT2D eigenvalue weighted by Crippen LogP contribution is -2.13. The number of aryl methyl sites for hydroxylation is 1. The van der Waals surface area contributed by atoms with Gasteiger partial charge in [-0.05, 0) is 12.5 Å². The van der Waals surface area contributed by atoms with Crippen molar-refractivity contribution < 1.29 is 4.79 Å². The molecular formula is C9H10N4O. The van der Waals surface area contributed by atoms with Gasteiger partial charge in [0.15, 0.2) is 11.3 Å². The van der Waals surface area contributed by atoms with Crippen LogP contribution >= 0.6 is 0 Å². The van der Waals surface area contributed by atoms with Gasteiger partial charge >= 0.3 is 0 Å². The SMILES string of the molecule is CCc1c(C(N)=O)nn2cccnc12. The van der Waals surface area contributed by atoms with Crippen LogP contribution in [0.4, 0.5) is 0 Å². The first-order valence-electron chi connectivity index (χ1n) is 4.36. The fourth-order valence-corrected chi connectivity index (χ4v) is 1.46. The molecule has 0 aliphatic rings. The maximum atomic E-state index is 11.1. The van der Waals surface area contributed by atoms with Gasteiger partial charge < -0.3 is 5.73 Å². The minimum atomic E-state index is -0.507. The summed E-state index contributed by atoms with van der Waals surface area (Å²) in [4.78, 5) is 15.2. The number of carbonyl (C=O) groups excluding carboxylic acids is 1. The van der Waals surface area contributed by atoms with Gasteiger partial charge in [-0.25, -0.2) is 9.50 Å². The van der Waals surface area contributed by atoms with E-state index in [9.17, 15) is 4.79 Å². The van der Waals surface area contributed by atoms with Crippen molar-refractivity contribution in [2.24, 2.45) is 5.73 Å². The molecule has 2 N–H and O–H groups in total. The molecule has 5 heteroatoms. The Morgan fingerprint density at radius 3 is 3.07 bits per heavy atom. The molecule has 0 unspecified atom stereocenters. The maximum absolute atomic E-state index is 11.1. The van der Waals surface area contributed by atoms with Gasteiger partial charge in [-0.1, -0.05) is 6.92 Å². The molecule has 2 rings (SSSR count). The second-order valence-corrected chi connectivity index (χ2v) is 2.93. The topological polar surface area (TPSA) is 73.3 Å². The third-order valence-corrected chi connectivity index (χ3v) is 2.08. The second kappa shape index (κ2) is 3.10. The van der Waals surface area contributed by atoms with Crippen molar-refractivity contribution in [3.8, 4) is 0 Å². The van der Waals surface area contributed by atoms with Crippen LogP contribution in [0.15, 0.2) is 18.5 Å². The van der Waals surface area contributed by atoms with E-state index in [1.54, 1.807) is 23.0 Å². The molecule has 0 aromatic carbocycles. The zero-order valence-electron chi connectivity index (χ0n) is 7.77. The Kier molecular flexibility index (Phi) is 1.92. The van der Waals surface area contributed by atoms with Crippen molar-refractivity contribution in [1.82, 2.24) is 14.6 Å². The summed E-state index contributed by atoms with van der Waals surface area (Å²) in [5.74, 6) is -0.507. The van der Waals surface area contributed by atoms with Crippen LogP contribution in [0.2, 0.25) is 0 Å². The van der Waals surface area contributed by atoms with Crippen molar-refractivity contribution >= 4 is 11.6 Å². The largest absolute Gasteiger partial charge is 0.364 e. The van der Waals surface area contributed by atoms with E-state index in [2.05, 4.69) is 10.1 Å². The zero-order valence-corrected chi connectivity index (χ0v) is 7.77. The number of carbonyl (C=O) groups is 1. The van der Waals surface area contributed by atoms with Gasteiger partial charge in [-0.2, -0.15) is 5.10 Å². The molecule has 2 aromatic heterocycles. The van der Waals surface area contributed by atoms with Crippen molar-refractivity contribution in [1.29, 1.82) is 0 Å². The van der Waals surface area contributed by atoms with Crippen LogP contribution in [0.25, 0.3) is 5.65 Å². The zero-order chi connectivity index (χ0) is 10.1. The number of hydrogen-bond acceptors (Lipinski definition) is 3. The van der Waals surface area contributed by atoms with Crippen LogP contribution < -0.4 is 5.73 Å². The Balaban J connectivity index is 2.78. The van der Waals surface area contributed by atoms with Gasteiger partial charge in [-0.15, -0.1) is 0 Å². The van der Waals surface area contributed by atoms with E-state index >= 15 is 0 Å². The van der Waals surface area contributed by atoms with E-state index in [4.69, 9.17) is 5.73 Å². The van der Waals surface area contributed by atoms with Gasteiger partial charge in [0.25, 0.3) is 5.91 Å². The first-order valence-corrected chi connectivity index (χ1v) is 4.36. The van der Waals surface area contributed by atoms with E-state index in [1.807, 2.05) is 6.92 Å². The number of aromatic nitrogens is 3. The predicted molar refractivity (Wildman–Crippen MR) is 50.9 cm³/mol. The van der Waals surface area contributed by atoms with Gasteiger partial charge in [0.2, 0.25) is 0 Å². The van der Waals surface area contributed by atoms with Gasteiger partial charge in [0.05, 0.1) is 0 Å². The van der Waals surface area contributed by atoms with E-state index < -0.39 is 5.91 Å². The van der Waals surface area contributed by atoms with Crippen molar-refractivity contribution in [3.05, 3.63) is 29.7 Å². The average molecular weight is 190 g/mol. The first-order chi connectivity index (χ1) is 6.74. The molecule has 2 aromatic rings. The van der Waals surface area contributed by atoms with Crippen LogP contribution in [0.5, 0.6) is 0 Å². The van der Waals surface area contributed by atoms with Crippen LogP contribution in [0, 0.1) is 0 Å². The molecular weight excluding hydrogens is 180 g/mol. The number of nitrogens with two attached hydrogens (primary N) is 1. The van der Waals surface area contributed by atoms with Crippen molar-refractivity contribution in [3.63, 3.8) is 0 Å². The van der Waals surface area contributed by atoms with Crippen LogP contribution in [-0.4, -0.2) is 20.5 Å². The number of primary amides is 1. The Bertz CT molecular complexity index is 489. The number of fused-ring (bicyclic) bond motifs is 1. The fraction of sp³-hybridized carbons (Fsp3) is 0.222. The van der Waals surface area contributed by atoms with Crippen LogP contribution in [0.1, 0.15) is 23.0 Å². The highest BCUT2D eigenvalue weighted by Crippen LogP contribution is 2.13. The van der Waals surface area contributed by atoms with E-state index in [0.29, 0.717) is 17.8 Å². The summed E-state index contributed by atoms with van der Waals surface area (Å²) in [7, 11) is 0. The lowest BCUT2D eigenvalue weighted by atomic mass is 10.2. The number of hydrogen-bond donors (Lipinski definition) is 1. The highest BCUT2D eigenvalue weighted by atomic mass is 16.1. The molecule has 0 bridgehead atoms. The summed E-state index contributed by atoms with van der Waals surface area (Å²) in [6.07, 6.45) is 4.10. The first kappa shape index (κ1) is 8.68. The summed E-state index contributed by atoms with van der Waals surface area (Å²) in [6.45, 7) is 1.94. The molecule has 2 heterocycles. The normalized spacial score (nSPS) is 10.6. The monoisotopic (exact) mass is 190 g/mol.